The molecule has 0 aliphatic carbocycles. The van der Waals surface area contributed by atoms with Crippen LogP contribution in [0.15, 0.2) is 40.3 Å². The van der Waals surface area contributed by atoms with Crippen LogP contribution in [0.4, 0.5) is 0 Å². The van der Waals surface area contributed by atoms with Gasteiger partial charge in [0.15, 0.2) is 0 Å². The first-order valence-electron chi connectivity index (χ1n) is 9.87. The molecule has 1 aromatic rings. The summed E-state index contributed by atoms with van der Waals surface area (Å²) in [6, 6.07) is 5.96. The van der Waals surface area contributed by atoms with E-state index in [4.69, 9.17) is 9.47 Å². The van der Waals surface area contributed by atoms with Gasteiger partial charge in [0.25, 0.3) is 0 Å². The van der Waals surface area contributed by atoms with Crippen molar-refractivity contribution < 1.29 is 37.0 Å². The Kier molecular flexibility index (Phi) is 10.0. The number of methoxy groups -OCH3 is 1. The van der Waals surface area contributed by atoms with E-state index in [1.54, 1.807) is 12.1 Å². The fourth-order valence-corrected chi connectivity index (χ4v) is 4.65. The Balaban J connectivity index is 1.70. The van der Waals surface area contributed by atoms with Crippen LogP contribution in [0.1, 0.15) is 19.8 Å². The highest BCUT2D eigenvalue weighted by molar-refractivity contribution is 8.04. The number of benzene rings is 1. The molecule has 176 valence electrons. The lowest BCUT2D eigenvalue weighted by Crippen LogP contribution is -2.28. The molecule has 0 unspecified atom stereocenters. The SMILES string of the molecule is CCOc1ccc(S(=O)(=O)NCCC(=O)OCCCN2C(=O)CS/C2=C\C(=O)OC)cc1. The van der Waals surface area contributed by atoms with Crippen molar-refractivity contribution in [2.45, 2.75) is 24.7 Å². The quantitative estimate of drug-likeness (QED) is 0.264. The second-order valence-corrected chi connectivity index (χ2v) is 9.23. The Morgan fingerprint density at radius 3 is 2.62 bits per heavy atom. The van der Waals surface area contributed by atoms with Gasteiger partial charge in [-0.05, 0) is 37.6 Å². The van der Waals surface area contributed by atoms with Crippen molar-refractivity contribution in [3.8, 4) is 5.75 Å². The highest BCUT2D eigenvalue weighted by Crippen LogP contribution is 2.28. The van der Waals surface area contributed by atoms with Crippen molar-refractivity contribution in [1.29, 1.82) is 0 Å². The number of amides is 1. The second kappa shape index (κ2) is 12.5. The van der Waals surface area contributed by atoms with E-state index in [0.29, 0.717) is 23.8 Å². The third-order valence-corrected chi connectivity index (χ3v) is 6.71. The van der Waals surface area contributed by atoms with E-state index in [-0.39, 0.29) is 42.7 Å². The van der Waals surface area contributed by atoms with Gasteiger partial charge in [-0.25, -0.2) is 17.9 Å². The maximum absolute atomic E-state index is 12.3. The first kappa shape index (κ1) is 25.7. The lowest BCUT2D eigenvalue weighted by Gasteiger charge is -2.16. The summed E-state index contributed by atoms with van der Waals surface area (Å²) < 4.78 is 41.8. The fraction of sp³-hybridized carbons (Fsp3) is 0.450. The Labute approximate surface area is 191 Å². The van der Waals surface area contributed by atoms with E-state index < -0.39 is 22.0 Å². The molecule has 2 rings (SSSR count). The molecular formula is C20H26N2O8S2. The maximum Gasteiger partial charge on any atom is 0.333 e. The van der Waals surface area contributed by atoms with Gasteiger partial charge in [-0.2, -0.15) is 0 Å². The minimum atomic E-state index is -3.75. The molecule has 0 aromatic heterocycles. The molecule has 1 fully saturated rings. The van der Waals surface area contributed by atoms with Crippen molar-refractivity contribution in [3.05, 3.63) is 35.4 Å². The number of ether oxygens (including phenoxy) is 3. The van der Waals surface area contributed by atoms with Crippen molar-refractivity contribution in [1.82, 2.24) is 9.62 Å². The van der Waals surface area contributed by atoms with Crippen molar-refractivity contribution in [2.24, 2.45) is 0 Å². The number of rotatable bonds is 12. The summed E-state index contributed by atoms with van der Waals surface area (Å²) in [6.45, 7) is 2.54. The zero-order valence-electron chi connectivity index (χ0n) is 17.9. The third-order valence-electron chi connectivity index (χ3n) is 4.21. The van der Waals surface area contributed by atoms with E-state index in [9.17, 15) is 22.8 Å². The first-order chi connectivity index (χ1) is 15.3. The number of carbonyl (C=O) groups excluding carboxylic acids is 3. The number of carbonyl (C=O) groups is 3. The minimum Gasteiger partial charge on any atom is -0.494 e. The average Bonchev–Trinajstić information content (AvgIpc) is 3.10. The molecule has 1 amide bonds. The molecule has 1 aliphatic heterocycles. The van der Waals surface area contributed by atoms with E-state index in [0.717, 1.165) is 0 Å². The molecular weight excluding hydrogens is 460 g/mol. The summed E-state index contributed by atoms with van der Waals surface area (Å²) in [5, 5.41) is 0.497. The Hall–Kier alpha value is -2.57. The van der Waals surface area contributed by atoms with Crippen LogP contribution < -0.4 is 9.46 Å². The predicted octanol–water partition coefficient (Wildman–Crippen LogP) is 1.28. The molecule has 1 aliphatic rings. The van der Waals surface area contributed by atoms with Crippen LogP contribution in [-0.2, 0) is 33.9 Å². The van der Waals surface area contributed by atoms with Gasteiger partial charge in [0.2, 0.25) is 15.9 Å². The van der Waals surface area contributed by atoms with Gasteiger partial charge < -0.3 is 19.1 Å². The number of hydrogen-bond acceptors (Lipinski definition) is 9. The topological polar surface area (TPSA) is 128 Å². The van der Waals surface area contributed by atoms with E-state index >= 15 is 0 Å². The average molecular weight is 487 g/mol. The van der Waals surface area contributed by atoms with Gasteiger partial charge in [0.1, 0.15) is 5.75 Å². The van der Waals surface area contributed by atoms with E-state index in [1.807, 2.05) is 6.92 Å². The van der Waals surface area contributed by atoms with Crippen LogP contribution in [0.2, 0.25) is 0 Å². The van der Waals surface area contributed by atoms with Crippen molar-refractivity contribution in [3.63, 3.8) is 0 Å². The summed E-state index contributed by atoms with van der Waals surface area (Å²) in [6.07, 6.45) is 1.48. The fourth-order valence-electron chi connectivity index (χ4n) is 2.66. The smallest absolute Gasteiger partial charge is 0.333 e. The van der Waals surface area contributed by atoms with E-state index in [1.165, 1.54) is 42.0 Å². The standard InChI is InChI=1S/C20H26N2O8S2/c1-3-29-15-5-7-16(8-6-15)32(26,27)21-10-9-19(24)30-12-4-11-22-17(23)14-31-18(22)13-20(25)28-2/h5-8,13,21H,3-4,9-12,14H2,1-2H3/b18-13-. The number of thioether (sulfide) groups is 1. The number of esters is 2. The first-order valence-corrected chi connectivity index (χ1v) is 12.3. The number of nitrogens with one attached hydrogen (secondary N) is 1. The van der Waals surface area contributed by atoms with Gasteiger partial charge >= 0.3 is 11.9 Å². The minimum absolute atomic E-state index is 0.0599. The normalized spacial score (nSPS) is 15.1. The Morgan fingerprint density at radius 2 is 1.97 bits per heavy atom. The summed E-state index contributed by atoms with van der Waals surface area (Å²) in [4.78, 5) is 36.7. The number of sulfonamides is 1. The van der Waals surface area contributed by atoms with Crippen LogP contribution in [0, 0.1) is 0 Å². The number of nitrogens with zero attached hydrogens (tertiary/aromatic N) is 1. The van der Waals surface area contributed by atoms with Gasteiger partial charge in [0, 0.05) is 13.1 Å². The molecule has 1 heterocycles. The largest absolute Gasteiger partial charge is 0.494 e. The summed E-state index contributed by atoms with van der Waals surface area (Å²) in [5.74, 6) is -0.451. The molecule has 10 nitrogen and oxygen atoms in total. The zero-order chi connectivity index (χ0) is 23.6. The highest BCUT2D eigenvalue weighted by Gasteiger charge is 2.27. The highest BCUT2D eigenvalue weighted by atomic mass is 32.2. The van der Waals surface area contributed by atoms with Gasteiger partial charge in [-0.15, -0.1) is 0 Å². The molecule has 32 heavy (non-hydrogen) atoms. The molecule has 1 N–H and O–H groups in total. The van der Waals surface area contributed by atoms with Gasteiger partial charge in [0.05, 0.1) is 48.5 Å². The van der Waals surface area contributed by atoms with Crippen molar-refractivity contribution in [2.75, 3.05) is 39.2 Å². The molecule has 0 spiro atoms. The molecule has 1 aromatic carbocycles. The molecule has 0 saturated carbocycles. The summed E-state index contributed by atoms with van der Waals surface area (Å²) in [5.41, 5.74) is 0. The summed E-state index contributed by atoms with van der Waals surface area (Å²) >= 11 is 1.24. The Morgan fingerprint density at radius 1 is 1.25 bits per heavy atom. The third kappa shape index (κ3) is 7.84. The van der Waals surface area contributed by atoms with Crippen LogP contribution >= 0.6 is 11.8 Å². The second-order valence-electron chi connectivity index (χ2n) is 6.47. The Bertz CT molecular complexity index is 945. The molecule has 0 atom stereocenters. The van der Waals surface area contributed by atoms with Gasteiger partial charge in [-0.3, -0.25) is 9.59 Å². The van der Waals surface area contributed by atoms with Crippen LogP contribution in [0.5, 0.6) is 5.75 Å². The summed E-state index contributed by atoms with van der Waals surface area (Å²) in [7, 11) is -2.50. The maximum atomic E-state index is 12.3. The van der Waals surface area contributed by atoms with Crippen LogP contribution in [0.3, 0.4) is 0 Å². The van der Waals surface area contributed by atoms with Crippen molar-refractivity contribution >= 4 is 39.6 Å². The zero-order valence-corrected chi connectivity index (χ0v) is 19.5. The lowest BCUT2D eigenvalue weighted by atomic mass is 10.3. The molecule has 0 bridgehead atoms. The molecule has 12 heteroatoms. The van der Waals surface area contributed by atoms with Crippen LogP contribution in [-0.4, -0.2) is 70.3 Å². The van der Waals surface area contributed by atoms with Crippen LogP contribution in [0.25, 0.3) is 0 Å². The predicted molar refractivity (Wildman–Crippen MR) is 117 cm³/mol. The monoisotopic (exact) mass is 486 g/mol. The van der Waals surface area contributed by atoms with E-state index in [2.05, 4.69) is 9.46 Å². The molecule has 1 saturated heterocycles. The lowest BCUT2D eigenvalue weighted by molar-refractivity contribution is -0.143. The van der Waals surface area contributed by atoms with Gasteiger partial charge in [-0.1, -0.05) is 11.8 Å². The number of hydrogen-bond donors (Lipinski definition) is 1. The molecule has 0 radical (unpaired) electrons.